The Morgan fingerprint density at radius 2 is 1.78 bits per heavy atom. The van der Waals surface area contributed by atoms with E-state index in [0.717, 1.165) is 5.56 Å². The predicted octanol–water partition coefficient (Wildman–Crippen LogP) is 3.77. The second kappa shape index (κ2) is 7.93. The first-order valence-electron chi connectivity index (χ1n) is 8.20. The van der Waals surface area contributed by atoms with Gasteiger partial charge in [0.2, 0.25) is 0 Å². The number of hydrogen-bond acceptors (Lipinski definition) is 4. The fraction of sp³-hybridized carbons (Fsp3) is 0.0476. The number of carbonyl (C=O) groups is 2. The molecule has 0 fully saturated rings. The van der Waals surface area contributed by atoms with E-state index in [1.54, 1.807) is 60.9 Å². The van der Waals surface area contributed by atoms with E-state index in [-0.39, 0.29) is 11.8 Å². The number of nitrogens with one attached hydrogen (secondary N) is 2. The molecular weight excluding hydrogens is 340 g/mol. The molecule has 0 radical (unpaired) electrons. The summed E-state index contributed by atoms with van der Waals surface area (Å²) in [4.78, 5) is 28.9. The Balaban J connectivity index is 1.79. The van der Waals surface area contributed by atoms with Crippen molar-refractivity contribution in [3.63, 3.8) is 0 Å². The average molecular weight is 356 g/mol. The lowest BCUT2D eigenvalue weighted by Crippen LogP contribution is -2.16. The number of carbonyl (C=O) groups excluding carboxylic acids is 2. The highest BCUT2D eigenvalue weighted by atomic mass is 16.2. The van der Waals surface area contributed by atoms with Crippen LogP contribution in [0.2, 0.25) is 0 Å². The third-order valence-electron chi connectivity index (χ3n) is 3.91. The molecule has 0 atom stereocenters. The summed E-state index contributed by atoms with van der Waals surface area (Å²) >= 11 is 0. The largest absolute Gasteiger partial charge is 0.322 e. The van der Waals surface area contributed by atoms with Crippen LogP contribution in [0.25, 0.3) is 0 Å². The number of amides is 2. The van der Waals surface area contributed by atoms with Crippen molar-refractivity contribution in [2.24, 2.45) is 0 Å². The Bertz CT molecular complexity index is 1040. The monoisotopic (exact) mass is 356 g/mol. The number of nitriles is 1. The van der Waals surface area contributed by atoms with Crippen LogP contribution in [0.5, 0.6) is 0 Å². The van der Waals surface area contributed by atoms with Crippen molar-refractivity contribution in [1.29, 1.82) is 5.26 Å². The van der Waals surface area contributed by atoms with Gasteiger partial charge in [-0.2, -0.15) is 5.26 Å². The summed E-state index contributed by atoms with van der Waals surface area (Å²) in [5, 5.41) is 14.5. The van der Waals surface area contributed by atoms with Crippen molar-refractivity contribution in [3.8, 4) is 6.07 Å². The summed E-state index contributed by atoms with van der Waals surface area (Å²) in [6.07, 6.45) is 3.18. The van der Waals surface area contributed by atoms with Crippen molar-refractivity contribution in [2.45, 2.75) is 6.92 Å². The Morgan fingerprint density at radius 3 is 2.52 bits per heavy atom. The quantitative estimate of drug-likeness (QED) is 0.744. The second-order valence-electron chi connectivity index (χ2n) is 5.87. The molecule has 0 saturated heterocycles. The summed E-state index contributed by atoms with van der Waals surface area (Å²) in [6.45, 7) is 1.82. The number of rotatable bonds is 4. The molecule has 6 heteroatoms. The van der Waals surface area contributed by atoms with Crippen molar-refractivity contribution < 1.29 is 9.59 Å². The van der Waals surface area contributed by atoms with Crippen LogP contribution in [0, 0.1) is 18.3 Å². The van der Waals surface area contributed by atoms with Crippen LogP contribution < -0.4 is 10.6 Å². The molecule has 0 bridgehead atoms. The normalized spacial score (nSPS) is 9.93. The molecule has 3 rings (SSSR count). The standard InChI is InChI=1S/C21H16N4O2/c1-14-7-8-17(24-20(26)16-5-2-4-15(10-16)12-22)11-19(14)21(27)25-18-6-3-9-23-13-18/h2-11,13H,1H3,(H,24,26)(H,25,27). The lowest BCUT2D eigenvalue weighted by Gasteiger charge is -2.11. The van der Waals surface area contributed by atoms with Crippen molar-refractivity contribution in [3.05, 3.63) is 89.2 Å². The van der Waals surface area contributed by atoms with E-state index in [0.29, 0.717) is 28.1 Å². The zero-order valence-corrected chi connectivity index (χ0v) is 14.6. The van der Waals surface area contributed by atoms with E-state index in [4.69, 9.17) is 5.26 Å². The Hall–Kier alpha value is -3.98. The maximum atomic E-state index is 12.5. The SMILES string of the molecule is Cc1ccc(NC(=O)c2cccc(C#N)c2)cc1C(=O)Nc1cccnc1. The number of aryl methyl sites for hydroxylation is 1. The predicted molar refractivity (Wildman–Crippen MR) is 102 cm³/mol. The number of hydrogen-bond donors (Lipinski definition) is 2. The Kier molecular flexibility index (Phi) is 5.24. The van der Waals surface area contributed by atoms with E-state index < -0.39 is 0 Å². The van der Waals surface area contributed by atoms with Gasteiger partial charge in [0.15, 0.2) is 0 Å². The minimum Gasteiger partial charge on any atom is -0.322 e. The molecule has 27 heavy (non-hydrogen) atoms. The summed E-state index contributed by atoms with van der Waals surface area (Å²) in [5.41, 5.74) is 3.08. The Labute approximate surface area is 156 Å². The molecule has 2 aromatic carbocycles. The van der Waals surface area contributed by atoms with Gasteiger partial charge in [0, 0.05) is 23.0 Å². The van der Waals surface area contributed by atoms with E-state index in [9.17, 15) is 9.59 Å². The van der Waals surface area contributed by atoms with Crippen LogP contribution in [-0.2, 0) is 0 Å². The molecule has 0 aliphatic rings. The van der Waals surface area contributed by atoms with Crippen molar-refractivity contribution in [1.82, 2.24) is 4.98 Å². The molecule has 0 spiro atoms. The van der Waals surface area contributed by atoms with Gasteiger partial charge < -0.3 is 10.6 Å². The summed E-state index contributed by atoms with van der Waals surface area (Å²) in [5.74, 6) is -0.641. The Morgan fingerprint density at radius 1 is 0.963 bits per heavy atom. The fourth-order valence-electron chi connectivity index (χ4n) is 2.51. The third-order valence-corrected chi connectivity index (χ3v) is 3.91. The summed E-state index contributed by atoms with van der Waals surface area (Å²) < 4.78 is 0. The minimum atomic E-state index is -0.352. The molecule has 0 aliphatic carbocycles. The topological polar surface area (TPSA) is 94.9 Å². The van der Waals surface area contributed by atoms with Crippen LogP contribution in [0.4, 0.5) is 11.4 Å². The first-order valence-corrected chi connectivity index (χ1v) is 8.20. The van der Waals surface area contributed by atoms with Crippen LogP contribution in [0.3, 0.4) is 0 Å². The van der Waals surface area contributed by atoms with Gasteiger partial charge in [0.05, 0.1) is 23.5 Å². The second-order valence-corrected chi connectivity index (χ2v) is 5.87. The molecule has 2 amide bonds. The number of aromatic nitrogens is 1. The fourth-order valence-corrected chi connectivity index (χ4v) is 2.51. The van der Waals surface area contributed by atoms with Crippen molar-refractivity contribution >= 4 is 23.2 Å². The van der Waals surface area contributed by atoms with Gasteiger partial charge in [0.25, 0.3) is 11.8 Å². The molecule has 1 aromatic heterocycles. The number of nitrogens with zero attached hydrogens (tertiary/aromatic N) is 2. The summed E-state index contributed by atoms with van der Waals surface area (Å²) in [6, 6.07) is 17.0. The molecular formula is C21H16N4O2. The number of anilines is 2. The van der Waals surface area contributed by atoms with Gasteiger partial charge in [-0.15, -0.1) is 0 Å². The molecule has 0 aliphatic heterocycles. The molecule has 1 heterocycles. The first kappa shape index (κ1) is 17.8. The average Bonchev–Trinajstić information content (AvgIpc) is 2.70. The molecule has 2 N–H and O–H groups in total. The molecule has 0 unspecified atom stereocenters. The van der Waals surface area contributed by atoms with Gasteiger partial charge in [-0.3, -0.25) is 14.6 Å². The van der Waals surface area contributed by atoms with Crippen LogP contribution >= 0.6 is 0 Å². The molecule has 0 saturated carbocycles. The number of benzene rings is 2. The molecule has 3 aromatic rings. The van der Waals surface area contributed by atoms with Gasteiger partial charge in [-0.25, -0.2) is 0 Å². The smallest absolute Gasteiger partial charge is 0.256 e. The van der Waals surface area contributed by atoms with Crippen LogP contribution in [0.1, 0.15) is 31.8 Å². The van der Waals surface area contributed by atoms with Gasteiger partial charge in [0.1, 0.15) is 0 Å². The third kappa shape index (κ3) is 4.35. The van der Waals surface area contributed by atoms with Gasteiger partial charge in [-0.1, -0.05) is 12.1 Å². The zero-order valence-electron chi connectivity index (χ0n) is 14.6. The van der Waals surface area contributed by atoms with Crippen LogP contribution in [0.15, 0.2) is 67.0 Å². The van der Waals surface area contributed by atoms with E-state index in [2.05, 4.69) is 15.6 Å². The van der Waals surface area contributed by atoms with E-state index >= 15 is 0 Å². The summed E-state index contributed by atoms with van der Waals surface area (Å²) in [7, 11) is 0. The number of pyridine rings is 1. The minimum absolute atomic E-state index is 0.289. The van der Waals surface area contributed by atoms with Gasteiger partial charge >= 0.3 is 0 Å². The molecule has 6 nitrogen and oxygen atoms in total. The van der Waals surface area contributed by atoms with Crippen molar-refractivity contribution in [2.75, 3.05) is 10.6 Å². The zero-order chi connectivity index (χ0) is 19.2. The molecule has 132 valence electrons. The van der Waals surface area contributed by atoms with E-state index in [1.165, 1.54) is 6.07 Å². The highest BCUT2D eigenvalue weighted by molar-refractivity contribution is 6.08. The van der Waals surface area contributed by atoms with E-state index in [1.807, 2.05) is 13.0 Å². The maximum absolute atomic E-state index is 12.5. The highest BCUT2D eigenvalue weighted by Crippen LogP contribution is 2.18. The van der Waals surface area contributed by atoms with Crippen LogP contribution in [-0.4, -0.2) is 16.8 Å². The van der Waals surface area contributed by atoms with Gasteiger partial charge in [-0.05, 0) is 55.0 Å². The first-order chi connectivity index (χ1) is 13.1. The lowest BCUT2D eigenvalue weighted by molar-refractivity contribution is 0.101. The lowest BCUT2D eigenvalue weighted by atomic mass is 10.1. The maximum Gasteiger partial charge on any atom is 0.256 e. The highest BCUT2D eigenvalue weighted by Gasteiger charge is 2.13.